The van der Waals surface area contributed by atoms with Gasteiger partial charge in [-0.2, -0.15) is 0 Å². The number of hydrogen-bond donors (Lipinski definition) is 1. The van der Waals surface area contributed by atoms with Crippen LogP contribution in [0.1, 0.15) is 43.9 Å². The lowest BCUT2D eigenvalue weighted by Gasteiger charge is -2.27. The maximum Gasteiger partial charge on any atom is 0.233 e. The summed E-state index contributed by atoms with van der Waals surface area (Å²) in [4.78, 5) is 12.9. The van der Waals surface area contributed by atoms with Crippen LogP contribution >= 0.6 is 11.8 Å². The molecule has 0 spiro atoms. The number of amides is 1. The largest absolute Gasteiger partial charge is 0.461 e. The Morgan fingerprint density at radius 2 is 2.18 bits per heavy atom. The number of aryl methyl sites for hydroxylation is 1. The molecule has 7 heteroatoms. The SMILES string of the molecule is CCn1c(SC(C)C(=O)NC2CCCc3ccccc32)nnc1-c1ccco1. The van der Waals surface area contributed by atoms with Gasteiger partial charge in [0.05, 0.1) is 17.6 Å². The summed E-state index contributed by atoms with van der Waals surface area (Å²) in [5.74, 6) is 1.39. The number of hydrogen-bond acceptors (Lipinski definition) is 5. The van der Waals surface area contributed by atoms with Crippen molar-refractivity contribution in [2.75, 3.05) is 0 Å². The fourth-order valence-electron chi connectivity index (χ4n) is 3.65. The number of furan rings is 1. The molecule has 146 valence electrons. The lowest BCUT2D eigenvalue weighted by Crippen LogP contribution is -2.36. The van der Waals surface area contributed by atoms with E-state index < -0.39 is 0 Å². The van der Waals surface area contributed by atoms with Crippen LogP contribution in [0.3, 0.4) is 0 Å². The minimum absolute atomic E-state index is 0.0249. The third kappa shape index (κ3) is 3.71. The lowest BCUT2D eigenvalue weighted by atomic mass is 9.88. The van der Waals surface area contributed by atoms with Crippen LogP contribution in [-0.2, 0) is 17.8 Å². The van der Waals surface area contributed by atoms with Gasteiger partial charge in [0, 0.05) is 6.54 Å². The number of nitrogens with zero attached hydrogens (tertiary/aromatic N) is 3. The fourth-order valence-corrected chi connectivity index (χ4v) is 4.58. The van der Waals surface area contributed by atoms with Gasteiger partial charge < -0.3 is 9.73 Å². The molecule has 1 N–H and O–H groups in total. The van der Waals surface area contributed by atoms with Gasteiger partial charge in [0.15, 0.2) is 16.7 Å². The lowest BCUT2D eigenvalue weighted by molar-refractivity contribution is -0.121. The topological polar surface area (TPSA) is 73.0 Å². The van der Waals surface area contributed by atoms with Crippen molar-refractivity contribution in [3.05, 3.63) is 53.8 Å². The zero-order valence-electron chi connectivity index (χ0n) is 16.1. The molecule has 28 heavy (non-hydrogen) atoms. The second kappa shape index (κ2) is 8.22. The van der Waals surface area contributed by atoms with Crippen LogP contribution in [0.2, 0.25) is 0 Å². The van der Waals surface area contributed by atoms with Crippen LogP contribution in [0, 0.1) is 0 Å². The van der Waals surface area contributed by atoms with Gasteiger partial charge in [-0.05, 0) is 56.4 Å². The molecule has 0 saturated heterocycles. The van der Waals surface area contributed by atoms with E-state index in [0.29, 0.717) is 18.1 Å². The standard InChI is InChI=1S/C21H24N4O2S/c1-3-25-19(18-12-7-13-27-18)23-24-21(25)28-14(2)20(26)22-17-11-6-9-15-8-4-5-10-16(15)17/h4-5,7-8,10,12-14,17H,3,6,9,11H2,1-2H3,(H,22,26). The number of aromatic nitrogens is 3. The Labute approximate surface area is 168 Å². The molecule has 3 aromatic rings. The van der Waals surface area contributed by atoms with Crippen LogP contribution in [0.15, 0.2) is 52.2 Å². The summed E-state index contributed by atoms with van der Waals surface area (Å²) in [5.41, 5.74) is 2.59. The zero-order valence-corrected chi connectivity index (χ0v) is 16.9. The van der Waals surface area contributed by atoms with Gasteiger partial charge in [-0.1, -0.05) is 36.0 Å². The molecule has 0 aliphatic heterocycles. The Hall–Kier alpha value is -2.54. The first-order valence-electron chi connectivity index (χ1n) is 9.69. The van der Waals surface area contributed by atoms with Crippen LogP contribution < -0.4 is 5.32 Å². The Kier molecular flexibility index (Phi) is 5.52. The number of nitrogens with one attached hydrogen (secondary N) is 1. The Morgan fingerprint density at radius 3 is 2.96 bits per heavy atom. The molecule has 0 radical (unpaired) electrons. The average molecular weight is 397 g/mol. The molecule has 6 nitrogen and oxygen atoms in total. The van der Waals surface area contributed by atoms with E-state index in [2.05, 4.69) is 33.7 Å². The van der Waals surface area contributed by atoms with Crippen LogP contribution in [0.4, 0.5) is 0 Å². The summed E-state index contributed by atoms with van der Waals surface area (Å²) in [6, 6.07) is 12.2. The highest BCUT2D eigenvalue weighted by Gasteiger charge is 2.26. The minimum atomic E-state index is -0.270. The summed E-state index contributed by atoms with van der Waals surface area (Å²) < 4.78 is 7.43. The van der Waals surface area contributed by atoms with E-state index in [0.717, 1.165) is 24.4 Å². The van der Waals surface area contributed by atoms with Crippen LogP contribution in [0.25, 0.3) is 11.6 Å². The average Bonchev–Trinajstić information content (AvgIpc) is 3.37. The molecule has 0 fully saturated rings. The molecule has 1 aromatic carbocycles. The predicted octanol–water partition coefficient (Wildman–Crippen LogP) is 4.23. The Bertz CT molecular complexity index is 951. The molecule has 0 saturated carbocycles. The van der Waals surface area contributed by atoms with Gasteiger partial charge in [0.25, 0.3) is 0 Å². The van der Waals surface area contributed by atoms with Crippen LogP contribution in [0.5, 0.6) is 0 Å². The second-order valence-corrected chi connectivity index (χ2v) is 8.25. The van der Waals surface area contributed by atoms with Crippen molar-refractivity contribution in [3.63, 3.8) is 0 Å². The number of benzene rings is 1. The maximum atomic E-state index is 12.9. The van der Waals surface area contributed by atoms with E-state index in [1.807, 2.05) is 36.6 Å². The van der Waals surface area contributed by atoms with Crippen molar-refractivity contribution in [2.45, 2.75) is 56.1 Å². The molecule has 4 rings (SSSR count). The van der Waals surface area contributed by atoms with Gasteiger partial charge in [-0.3, -0.25) is 9.36 Å². The number of carbonyl (C=O) groups excluding carboxylic acids is 1. The number of fused-ring (bicyclic) bond motifs is 1. The van der Waals surface area contributed by atoms with Gasteiger partial charge >= 0.3 is 0 Å². The van der Waals surface area contributed by atoms with Crippen LogP contribution in [-0.4, -0.2) is 25.9 Å². The highest BCUT2D eigenvalue weighted by molar-refractivity contribution is 8.00. The smallest absolute Gasteiger partial charge is 0.233 e. The first kappa shape index (κ1) is 18.8. The highest BCUT2D eigenvalue weighted by atomic mass is 32.2. The molecule has 2 aromatic heterocycles. The minimum Gasteiger partial charge on any atom is -0.461 e. The first-order chi connectivity index (χ1) is 13.7. The summed E-state index contributed by atoms with van der Waals surface area (Å²) in [5, 5.41) is 12.2. The molecule has 2 atom stereocenters. The quantitative estimate of drug-likeness (QED) is 0.631. The molecule has 1 aliphatic rings. The van der Waals surface area contributed by atoms with E-state index in [1.54, 1.807) is 6.26 Å². The van der Waals surface area contributed by atoms with E-state index in [-0.39, 0.29) is 17.2 Å². The van der Waals surface area contributed by atoms with E-state index in [9.17, 15) is 4.79 Å². The molecular weight excluding hydrogens is 372 g/mol. The summed E-state index contributed by atoms with van der Waals surface area (Å²) in [6.07, 6.45) is 4.78. The second-order valence-electron chi connectivity index (χ2n) is 6.94. The van der Waals surface area contributed by atoms with Crippen molar-refractivity contribution in [1.29, 1.82) is 0 Å². The van der Waals surface area contributed by atoms with Crippen molar-refractivity contribution in [3.8, 4) is 11.6 Å². The third-order valence-corrected chi connectivity index (χ3v) is 6.19. The number of carbonyl (C=O) groups is 1. The summed E-state index contributed by atoms with van der Waals surface area (Å²) in [7, 11) is 0. The molecule has 2 heterocycles. The monoisotopic (exact) mass is 396 g/mol. The number of rotatable bonds is 6. The highest BCUT2D eigenvalue weighted by Crippen LogP contribution is 2.31. The van der Waals surface area contributed by atoms with E-state index >= 15 is 0 Å². The first-order valence-corrected chi connectivity index (χ1v) is 10.6. The van der Waals surface area contributed by atoms with Crippen molar-refractivity contribution in [2.24, 2.45) is 0 Å². The molecule has 0 bridgehead atoms. The van der Waals surface area contributed by atoms with Gasteiger partial charge in [-0.15, -0.1) is 10.2 Å². The van der Waals surface area contributed by atoms with Gasteiger partial charge in [0.1, 0.15) is 0 Å². The van der Waals surface area contributed by atoms with Gasteiger partial charge in [-0.25, -0.2) is 0 Å². The predicted molar refractivity (Wildman–Crippen MR) is 109 cm³/mol. The normalized spacial score (nSPS) is 17.1. The Balaban J connectivity index is 1.46. The summed E-state index contributed by atoms with van der Waals surface area (Å²) in [6.45, 7) is 4.65. The summed E-state index contributed by atoms with van der Waals surface area (Å²) >= 11 is 1.43. The van der Waals surface area contributed by atoms with Crippen molar-refractivity contribution < 1.29 is 9.21 Å². The maximum absolute atomic E-state index is 12.9. The molecule has 1 amide bonds. The van der Waals surface area contributed by atoms with Crippen molar-refractivity contribution in [1.82, 2.24) is 20.1 Å². The fraction of sp³-hybridized carbons (Fsp3) is 0.381. The van der Waals surface area contributed by atoms with E-state index in [4.69, 9.17) is 4.42 Å². The molecular formula is C21H24N4O2S. The Morgan fingerprint density at radius 1 is 1.32 bits per heavy atom. The van der Waals surface area contributed by atoms with E-state index in [1.165, 1.54) is 22.9 Å². The molecule has 2 unspecified atom stereocenters. The van der Waals surface area contributed by atoms with Crippen molar-refractivity contribution >= 4 is 17.7 Å². The number of thioether (sulfide) groups is 1. The molecule has 1 aliphatic carbocycles. The zero-order chi connectivity index (χ0) is 19.5. The van der Waals surface area contributed by atoms with Gasteiger partial charge in [0.2, 0.25) is 5.91 Å². The third-order valence-electron chi connectivity index (χ3n) is 5.11.